The smallest absolute Gasteiger partial charge is 0.257 e. The zero-order chi connectivity index (χ0) is 24.2. The Hall–Kier alpha value is -3.45. The molecule has 0 aliphatic carbocycles. The van der Waals surface area contributed by atoms with Gasteiger partial charge in [0.05, 0.1) is 13.0 Å². The standard InChI is InChI=1S/C27H31N3O3S/c1-2-3-4-5-8-18-33-23-16-14-21(15-17-23)26(32)28-27(34)30-29-25(31)19-22-12-9-11-20-10-6-7-13-24(20)22/h6-7,9-17H,2-5,8,18-19H2,1H3,(H,29,31)(H2,28,30,32,34). The Kier molecular flexibility index (Phi) is 9.85. The fraction of sp³-hybridized carbons (Fsp3) is 0.296. The van der Waals surface area contributed by atoms with Crippen molar-refractivity contribution < 1.29 is 14.3 Å². The second-order valence-electron chi connectivity index (χ2n) is 8.06. The van der Waals surface area contributed by atoms with E-state index in [2.05, 4.69) is 23.1 Å². The van der Waals surface area contributed by atoms with Gasteiger partial charge in [-0.25, -0.2) is 0 Å². The molecule has 3 N–H and O–H groups in total. The Morgan fingerprint density at radius 1 is 0.853 bits per heavy atom. The molecule has 3 aromatic carbocycles. The van der Waals surface area contributed by atoms with Gasteiger partial charge < -0.3 is 4.74 Å². The van der Waals surface area contributed by atoms with E-state index in [0.717, 1.165) is 34.9 Å². The number of hydrogen-bond acceptors (Lipinski definition) is 4. The third-order valence-electron chi connectivity index (χ3n) is 5.41. The SMILES string of the molecule is CCCCCCCOc1ccc(C(=O)NC(=S)NNC(=O)Cc2cccc3ccccc23)cc1. The molecule has 178 valence electrons. The number of nitrogens with one attached hydrogen (secondary N) is 3. The van der Waals surface area contributed by atoms with Crippen molar-refractivity contribution >= 4 is 39.9 Å². The Balaban J connectivity index is 1.40. The Labute approximate surface area is 206 Å². The van der Waals surface area contributed by atoms with Gasteiger partial charge in [0.1, 0.15) is 5.75 Å². The zero-order valence-corrected chi connectivity index (χ0v) is 20.3. The van der Waals surface area contributed by atoms with E-state index in [-0.39, 0.29) is 23.3 Å². The maximum absolute atomic E-state index is 12.4. The monoisotopic (exact) mass is 477 g/mol. The van der Waals surface area contributed by atoms with Crippen LogP contribution in [-0.4, -0.2) is 23.5 Å². The number of benzene rings is 3. The molecule has 2 amide bonds. The number of hydrazine groups is 1. The number of unbranched alkanes of at least 4 members (excludes halogenated alkanes) is 4. The molecule has 0 aliphatic rings. The van der Waals surface area contributed by atoms with Crippen molar-refractivity contribution in [3.05, 3.63) is 77.9 Å². The molecule has 0 heterocycles. The number of rotatable bonds is 10. The maximum atomic E-state index is 12.4. The van der Waals surface area contributed by atoms with E-state index in [9.17, 15) is 9.59 Å². The molecule has 0 unspecified atom stereocenters. The molecular formula is C27H31N3O3S. The number of amides is 2. The second-order valence-corrected chi connectivity index (χ2v) is 8.47. The number of fused-ring (bicyclic) bond motifs is 1. The summed E-state index contributed by atoms with van der Waals surface area (Å²) >= 11 is 5.13. The largest absolute Gasteiger partial charge is 0.494 e. The molecular weight excluding hydrogens is 446 g/mol. The number of ether oxygens (including phenoxy) is 1. The van der Waals surface area contributed by atoms with Crippen molar-refractivity contribution in [2.75, 3.05) is 6.61 Å². The normalized spacial score (nSPS) is 10.5. The number of hydrogen-bond donors (Lipinski definition) is 3. The van der Waals surface area contributed by atoms with E-state index >= 15 is 0 Å². The average Bonchev–Trinajstić information content (AvgIpc) is 2.85. The molecule has 34 heavy (non-hydrogen) atoms. The molecule has 0 saturated heterocycles. The van der Waals surface area contributed by atoms with Crippen molar-refractivity contribution in [1.82, 2.24) is 16.2 Å². The molecule has 0 fully saturated rings. The quantitative estimate of drug-likeness (QED) is 0.216. The minimum atomic E-state index is -0.369. The molecule has 0 aromatic heterocycles. The Bertz CT molecular complexity index is 1110. The third-order valence-corrected chi connectivity index (χ3v) is 5.61. The molecule has 3 rings (SSSR count). The highest BCUT2D eigenvalue weighted by atomic mass is 32.1. The van der Waals surface area contributed by atoms with E-state index in [1.807, 2.05) is 42.5 Å². The summed E-state index contributed by atoms with van der Waals surface area (Å²) in [5, 5.41) is 4.68. The van der Waals surface area contributed by atoms with Crippen molar-refractivity contribution in [2.24, 2.45) is 0 Å². The Morgan fingerprint density at radius 3 is 2.38 bits per heavy atom. The number of thiocarbonyl (C=S) groups is 1. The summed E-state index contributed by atoms with van der Waals surface area (Å²) in [6.07, 6.45) is 6.09. The maximum Gasteiger partial charge on any atom is 0.257 e. The van der Waals surface area contributed by atoms with Crippen LogP contribution in [0.15, 0.2) is 66.7 Å². The Morgan fingerprint density at radius 2 is 1.59 bits per heavy atom. The van der Waals surface area contributed by atoms with Gasteiger partial charge in [-0.05, 0) is 59.2 Å². The van der Waals surface area contributed by atoms with Crippen molar-refractivity contribution in [2.45, 2.75) is 45.4 Å². The molecule has 0 saturated carbocycles. The predicted octanol–water partition coefficient (Wildman–Crippen LogP) is 5.07. The van der Waals surface area contributed by atoms with E-state index in [4.69, 9.17) is 17.0 Å². The molecule has 0 bridgehead atoms. The lowest BCUT2D eigenvalue weighted by Gasteiger charge is -2.12. The van der Waals surface area contributed by atoms with Crippen molar-refractivity contribution in [1.29, 1.82) is 0 Å². The van der Waals surface area contributed by atoms with Crippen molar-refractivity contribution in [3.63, 3.8) is 0 Å². The second kappa shape index (κ2) is 13.3. The van der Waals surface area contributed by atoms with E-state index in [1.54, 1.807) is 24.3 Å². The van der Waals surface area contributed by atoms with Gasteiger partial charge >= 0.3 is 0 Å². The molecule has 0 spiro atoms. The van der Waals surface area contributed by atoms with Crippen LogP contribution >= 0.6 is 12.2 Å². The van der Waals surface area contributed by atoms with E-state index < -0.39 is 0 Å². The summed E-state index contributed by atoms with van der Waals surface area (Å²) in [6, 6.07) is 20.7. The predicted molar refractivity (Wildman–Crippen MR) is 140 cm³/mol. The lowest BCUT2D eigenvalue weighted by Crippen LogP contribution is -2.48. The van der Waals surface area contributed by atoms with Crippen LogP contribution in [0.1, 0.15) is 54.9 Å². The number of carbonyl (C=O) groups is 2. The van der Waals surface area contributed by atoms with Crippen LogP contribution in [0.2, 0.25) is 0 Å². The molecule has 0 aliphatic heterocycles. The summed E-state index contributed by atoms with van der Waals surface area (Å²) < 4.78 is 5.73. The van der Waals surface area contributed by atoms with Crippen molar-refractivity contribution in [3.8, 4) is 5.75 Å². The van der Waals surface area contributed by atoms with Crippen LogP contribution in [0.3, 0.4) is 0 Å². The molecule has 7 heteroatoms. The summed E-state index contributed by atoms with van der Waals surface area (Å²) in [6.45, 7) is 2.86. The number of carbonyl (C=O) groups excluding carboxylic acids is 2. The zero-order valence-electron chi connectivity index (χ0n) is 19.4. The van der Waals surface area contributed by atoms with Gasteiger partial charge in [0, 0.05) is 5.56 Å². The summed E-state index contributed by atoms with van der Waals surface area (Å²) in [5.41, 5.74) is 6.48. The highest BCUT2D eigenvalue weighted by Gasteiger charge is 2.10. The molecule has 0 radical (unpaired) electrons. The van der Waals surface area contributed by atoms with Crippen LogP contribution in [0, 0.1) is 0 Å². The van der Waals surface area contributed by atoms with Gasteiger partial charge in [-0.2, -0.15) is 0 Å². The lowest BCUT2D eigenvalue weighted by atomic mass is 10.0. The van der Waals surface area contributed by atoms with Gasteiger partial charge in [-0.15, -0.1) is 0 Å². The van der Waals surface area contributed by atoms with Gasteiger partial charge in [-0.1, -0.05) is 75.1 Å². The first-order chi connectivity index (χ1) is 16.6. The van der Waals surface area contributed by atoms with Gasteiger partial charge in [-0.3, -0.25) is 25.8 Å². The first kappa shape index (κ1) is 25.2. The first-order valence-electron chi connectivity index (χ1n) is 11.7. The molecule has 6 nitrogen and oxygen atoms in total. The van der Waals surface area contributed by atoms with Gasteiger partial charge in [0.2, 0.25) is 5.91 Å². The lowest BCUT2D eigenvalue weighted by molar-refractivity contribution is -0.121. The van der Waals surface area contributed by atoms with Gasteiger partial charge in [0.15, 0.2) is 5.11 Å². The third kappa shape index (κ3) is 7.85. The molecule has 3 aromatic rings. The fourth-order valence-corrected chi connectivity index (χ4v) is 3.74. The average molecular weight is 478 g/mol. The minimum absolute atomic E-state index is 0.0173. The molecule has 0 atom stereocenters. The summed E-state index contributed by atoms with van der Waals surface area (Å²) in [5.74, 6) is 0.101. The highest BCUT2D eigenvalue weighted by Crippen LogP contribution is 2.18. The van der Waals surface area contributed by atoms with Gasteiger partial charge in [0.25, 0.3) is 5.91 Å². The summed E-state index contributed by atoms with van der Waals surface area (Å²) in [4.78, 5) is 24.8. The van der Waals surface area contributed by atoms with Crippen LogP contribution < -0.4 is 20.9 Å². The highest BCUT2D eigenvalue weighted by molar-refractivity contribution is 7.80. The first-order valence-corrected chi connectivity index (χ1v) is 12.1. The van der Waals surface area contributed by atoms with Crippen LogP contribution in [0.25, 0.3) is 10.8 Å². The van der Waals surface area contributed by atoms with Crippen LogP contribution in [0.4, 0.5) is 0 Å². The van der Waals surface area contributed by atoms with E-state index in [1.165, 1.54) is 19.3 Å². The van der Waals surface area contributed by atoms with Crippen LogP contribution in [-0.2, 0) is 11.2 Å². The fourth-order valence-electron chi connectivity index (χ4n) is 3.59. The van der Waals surface area contributed by atoms with Crippen LogP contribution in [0.5, 0.6) is 5.75 Å². The van der Waals surface area contributed by atoms with E-state index in [0.29, 0.717) is 12.2 Å². The topological polar surface area (TPSA) is 79.5 Å². The summed E-state index contributed by atoms with van der Waals surface area (Å²) in [7, 11) is 0. The minimum Gasteiger partial charge on any atom is -0.494 e.